The zero-order valence-electron chi connectivity index (χ0n) is 16.8. The largest absolute Gasteiger partial charge is 0.415 e. The van der Waals surface area contributed by atoms with Crippen LogP contribution in [0.3, 0.4) is 0 Å². The SMILES string of the molecule is C[C@@H]1CCC[C@@H](C)N1[C@@H](CO[Si](C)(C)C(C)(C)C)c1ccccc1. The van der Waals surface area contributed by atoms with Crippen molar-refractivity contribution in [3.63, 3.8) is 0 Å². The monoisotopic (exact) mass is 347 g/mol. The van der Waals surface area contributed by atoms with E-state index in [0.717, 1.165) is 6.61 Å². The maximum Gasteiger partial charge on any atom is 0.192 e. The summed E-state index contributed by atoms with van der Waals surface area (Å²) in [5.41, 5.74) is 1.40. The Morgan fingerprint density at radius 3 is 2.12 bits per heavy atom. The number of hydrogen-bond donors (Lipinski definition) is 0. The molecule has 136 valence electrons. The predicted molar refractivity (Wildman–Crippen MR) is 107 cm³/mol. The molecule has 0 spiro atoms. The molecule has 0 radical (unpaired) electrons. The van der Waals surface area contributed by atoms with Crippen LogP contribution >= 0.6 is 0 Å². The first kappa shape index (κ1) is 19.7. The Labute approximate surface area is 150 Å². The molecule has 0 amide bonds. The molecule has 0 bridgehead atoms. The predicted octanol–water partition coefficient (Wildman–Crippen LogP) is 6.01. The zero-order valence-corrected chi connectivity index (χ0v) is 17.8. The van der Waals surface area contributed by atoms with Gasteiger partial charge in [0, 0.05) is 12.1 Å². The molecular formula is C21H37NOSi. The van der Waals surface area contributed by atoms with Crippen LogP contribution in [0.25, 0.3) is 0 Å². The van der Waals surface area contributed by atoms with Gasteiger partial charge in [-0.1, -0.05) is 57.5 Å². The van der Waals surface area contributed by atoms with Gasteiger partial charge in [-0.2, -0.15) is 0 Å². The van der Waals surface area contributed by atoms with Crippen molar-refractivity contribution in [2.45, 2.75) is 90.1 Å². The second-order valence-electron chi connectivity index (χ2n) is 9.07. The van der Waals surface area contributed by atoms with E-state index in [4.69, 9.17) is 4.43 Å². The Bertz CT molecular complexity index is 498. The highest BCUT2D eigenvalue weighted by Crippen LogP contribution is 2.39. The molecule has 1 aliphatic heterocycles. The van der Waals surface area contributed by atoms with Crippen molar-refractivity contribution in [3.05, 3.63) is 35.9 Å². The minimum absolute atomic E-state index is 0.257. The van der Waals surface area contributed by atoms with E-state index in [1.807, 2.05) is 0 Å². The van der Waals surface area contributed by atoms with Crippen LogP contribution in [0.1, 0.15) is 65.5 Å². The third kappa shape index (κ3) is 4.50. The molecular weight excluding hydrogens is 310 g/mol. The van der Waals surface area contributed by atoms with Gasteiger partial charge in [0.15, 0.2) is 8.32 Å². The van der Waals surface area contributed by atoms with E-state index in [-0.39, 0.29) is 5.04 Å². The lowest BCUT2D eigenvalue weighted by molar-refractivity contribution is 0.0275. The van der Waals surface area contributed by atoms with E-state index < -0.39 is 8.32 Å². The lowest BCUT2D eigenvalue weighted by Gasteiger charge is -2.46. The third-order valence-electron chi connectivity index (χ3n) is 6.21. The quantitative estimate of drug-likeness (QED) is 0.605. The number of nitrogens with zero attached hydrogens (tertiary/aromatic N) is 1. The molecule has 2 rings (SSSR count). The molecule has 1 fully saturated rings. The first-order valence-corrected chi connectivity index (χ1v) is 12.5. The van der Waals surface area contributed by atoms with Crippen molar-refractivity contribution >= 4 is 8.32 Å². The van der Waals surface area contributed by atoms with E-state index in [1.165, 1.54) is 24.8 Å². The Balaban J connectivity index is 2.24. The lowest BCUT2D eigenvalue weighted by Crippen LogP contribution is -2.49. The molecule has 0 aromatic heterocycles. The van der Waals surface area contributed by atoms with Crippen molar-refractivity contribution in [1.82, 2.24) is 4.90 Å². The summed E-state index contributed by atoms with van der Waals surface area (Å²) < 4.78 is 6.66. The molecule has 24 heavy (non-hydrogen) atoms. The Kier molecular flexibility index (Phi) is 6.33. The van der Waals surface area contributed by atoms with Crippen LogP contribution < -0.4 is 0 Å². The number of likely N-dealkylation sites (tertiary alicyclic amines) is 1. The number of piperidine rings is 1. The highest BCUT2D eigenvalue weighted by Gasteiger charge is 2.39. The smallest absolute Gasteiger partial charge is 0.192 e. The van der Waals surface area contributed by atoms with Gasteiger partial charge in [-0.15, -0.1) is 0 Å². The van der Waals surface area contributed by atoms with Crippen LogP contribution in [0.4, 0.5) is 0 Å². The molecule has 1 aromatic carbocycles. The van der Waals surface area contributed by atoms with Gasteiger partial charge < -0.3 is 4.43 Å². The van der Waals surface area contributed by atoms with E-state index in [2.05, 4.69) is 82.9 Å². The van der Waals surface area contributed by atoms with Gasteiger partial charge in [0.2, 0.25) is 0 Å². The van der Waals surface area contributed by atoms with E-state index in [9.17, 15) is 0 Å². The highest BCUT2D eigenvalue weighted by molar-refractivity contribution is 6.74. The van der Waals surface area contributed by atoms with Crippen LogP contribution in [0, 0.1) is 0 Å². The molecule has 1 aliphatic rings. The Morgan fingerprint density at radius 2 is 1.62 bits per heavy atom. The second-order valence-corrected chi connectivity index (χ2v) is 13.9. The van der Waals surface area contributed by atoms with Crippen molar-refractivity contribution < 1.29 is 4.43 Å². The van der Waals surface area contributed by atoms with Crippen LogP contribution in [0.2, 0.25) is 18.1 Å². The fraction of sp³-hybridized carbons (Fsp3) is 0.714. The standard InChI is InChI=1S/C21H37NOSi/c1-17-12-11-13-18(2)22(17)20(19-14-9-8-10-15-19)16-23-24(6,7)21(3,4)5/h8-10,14-15,17-18,20H,11-13,16H2,1-7H3/t17-,18-,20+/m1/s1. The van der Waals surface area contributed by atoms with Gasteiger partial charge in [0.25, 0.3) is 0 Å². The summed E-state index contributed by atoms with van der Waals surface area (Å²) in [6, 6.07) is 12.6. The van der Waals surface area contributed by atoms with Gasteiger partial charge in [-0.3, -0.25) is 4.90 Å². The summed E-state index contributed by atoms with van der Waals surface area (Å²) in [6.07, 6.45) is 3.95. The fourth-order valence-corrected chi connectivity index (χ4v) is 4.60. The van der Waals surface area contributed by atoms with Crippen LogP contribution in [-0.4, -0.2) is 31.9 Å². The topological polar surface area (TPSA) is 12.5 Å². The average Bonchev–Trinajstić information content (AvgIpc) is 2.50. The average molecular weight is 348 g/mol. The summed E-state index contributed by atoms with van der Waals surface area (Å²) in [5.74, 6) is 0. The Morgan fingerprint density at radius 1 is 1.08 bits per heavy atom. The molecule has 0 N–H and O–H groups in total. The van der Waals surface area contributed by atoms with Crippen LogP contribution in [-0.2, 0) is 4.43 Å². The van der Waals surface area contributed by atoms with Gasteiger partial charge in [0.05, 0.1) is 12.6 Å². The lowest BCUT2D eigenvalue weighted by atomic mass is 9.93. The first-order chi connectivity index (χ1) is 11.1. The molecule has 0 aliphatic carbocycles. The number of benzene rings is 1. The summed E-state index contributed by atoms with van der Waals surface area (Å²) in [5, 5.41) is 0.257. The minimum atomic E-state index is -1.73. The van der Waals surface area contributed by atoms with Crippen molar-refractivity contribution in [2.24, 2.45) is 0 Å². The number of hydrogen-bond acceptors (Lipinski definition) is 2. The van der Waals surface area contributed by atoms with Gasteiger partial charge in [-0.25, -0.2) is 0 Å². The van der Waals surface area contributed by atoms with Crippen LogP contribution in [0.5, 0.6) is 0 Å². The van der Waals surface area contributed by atoms with Crippen molar-refractivity contribution in [3.8, 4) is 0 Å². The van der Waals surface area contributed by atoms with Crippen LogP contribution in [0.15, 0.2) is 30.3 Å². The molecule has 1 aromatic rings. The van der Waals surface area contributed by atoms with Gasteiger partial charge >= 0.3 is 0 Å². The summed E-state index contributed by atoms with van der Waals surface area (Å²) >= 11 is 0. The summed E-state index contributed by atoms with van der Waals surface area (Å²) in [6.45, 7) is 17.3. The molecule has 1 saturated heterocycles. The third-order valence-corrected chi connectivity index (χ3v) is 10.7. The van der Waals surface area contributed by atoms with E-state index >= 15 is 0 Å². The molecule has 0 saturated carbocycles. The summed E-state index contributed by atoms with van der Waals surface area (Å²) in [7, 11) is -1.73. The zero-order chi connectivity index (χ0) is 18.0. The molecule has 3 heteroatoms. The molecule has 3 atom stereocenters. The maximum atomic E-state index is 6.66. The van der Waals surface area contributed by atoms with Crippen molar-refractivity contribution in [1.29, 1.82) is 0 Å². The second kappa shape index (κ2) is 7.71. The minimum Gasteiger partial charge on any atom is -0.415 e. The molecule has 1 heterocycles. The maximum absolute atomic E-state index is 6.66. The Hall–Kier alpha value is -0.643. The number of rotatable bonds is 5. The summed E-state index contributed by atoms with van der Waals surface area (Å²) in [4.78, 5) is 2.71. The highest BCUT2D eigenvalue weighted by atomic mass is 28.4. The fourth-order valence-electron chi connectivity index (χ4n) is 3.59. The van der Waals surface area contributed by atoms with E-state index in [0.29, 0.717) is 18.1 Å². The molecule has 0 unspecified atom stereocenters. The van der Waals surface area contributed by atoms with Crippen molar-refractivity contribution in [2.75, 3.05) is 6.61 Å². The van der Waals surface area contributed by atoms with Gasteiger partial charge in [0.1, 0.15) is 0 Å². The normalized spacial score (nSPS) is 24.8. The van der Waals surface area contributed by atoms with Gasteiger partial charge in [-0.05, 0) is 50.4 Å². The molecule has 2 nitrogen and oxygen atoms in total. The first-order valence-electron chi connectivity index (χ1n) is 9.60. The van der Waals surface area contributed by atoms with E-state index in [1.54, 1.807) is 0 Å².